The maximum atomic E-state index is 6.16. The molecule has 2 aromatic carbocycles. The van der Waals surface area contributed by atoms with Crippen molar-refractivity contribution in [1.82, 2.24) is 10.3 Å². The number of hydrogen-bond donors (Lipinski definition) is 1. The first-order valence-corrected chi connectivity index (χ1v) is 7.07. The van der Waals surface area contributed by atoms with Crippen molar-refractivity contribution >= 4 is 22.7 Å². The lowest BCUT2D eigenvalue weighted by atomic mass is 9.95. The van der Waals surface area contributed by atoms with Crippen molar-refractivity contribution in [3.05, 3.63) is 52.5 Å². The number of benzene rings is 2. The van der Waals surface area contributed by atoms with E-state index in [0.29, 0.717) is 16.5 Å². The molecular weight excluding hydrogens is 272 g/mol. The molecule has 0 atom stereocenters. The zero-order valence-electron chi connectivity index (χ0n) is 10.8. The second kappa shape index (κ2) is 4.62. The Kier molecular flexibility index (Phi) is 2.76. The number of nitrogens with zero attached hydrogens (tertiary/aromatic N) is 1. The molecule has 0 saturated heterocycles. The lowest BCUT2D eigenvalue weighted by Crippen LogP contribution is -2.24. The van der Waals surface area contributed by atoms with Gasteiger partial charge in [-0.3, -0.25) is 0 Å². The Morgan fingerprint density at radius 3 is 2.95 bits per heavy atom. The summed E-state index contributed by atoms with van der Waals surface area (Å²) in [7, 11) is 0. The maximum absolute atomic E-state index is 6.16. The summed E-state index contributed by atoms with van der Waals surface area (Å²) in [5.74, 6) is 0.659. The highest BCUT2D eigenvalue weighted by Gasteiger charge is 2.18. The largest absolute Gasteiger partial charge is 0.435 e. The second-order valence-electron chi connectivity index (χ2n) is 4.98. The Hall–Kier alpha value is -1.84. The van der Waals surface area contributed by atoms with Gasteiger partial charge in [0.2, 0.25) is 5.89 Å². The number of halogens is 1. The van der Waals surface area contributed by atoms with Crippen LogP contribution in [0, 0.1) is 0 Å². The van der Waals surface area contributed by atoms with Crippen molar-refractivity contribution in [2.75, 3.05) is 6.54 Å². The zero-order valence-corrected chi connectivity index (χ0v) is 11.6. The van der Waals surface area contributed by atoms with Gasteiger partial charge in [-0.2, -0.15) is 0 Å². The number of hydrogen-bond acceptors (Lipinski definition) is 3. The van der Waals surface area contributed by atoms with E-state index in [4.69, 9.17) is 16.0 Å². The zero-order chi connectivity index (χ0) is 13.5. The SMILES string of the molecule is Clc1cccc2nc(-c3cccc4c3CCNC4)oc12. The predicted molar refractivity (Wildman–Crippen MR) is 79.9 cm³/mol. The fraction of sp³-hybridized carbons (Fsp3) is 0.188. The molecule has 3 aromatic rings. The third-order valence-electron chi connectivity index (χ3n) is 3.74. The molecule has 0 radical (unpaired) electrons. The minimum absolute atomic E-state index is 0.604. The molecule has 4 heteroatoms. The van der Waals surface area contributed by atoms with Gasteiger partial charge in [0.25, 0.3) is 0 Å². The van der Waals surface area contributed by atoms with E-state index < -0.39 is 0 Å². The molecule has 20 heavy (non-hydrogen) atoms. The summed E-state index contributed by atoms with van der Waals surface area (Å²) >= 11 is 6.16. The lowest BCUT2D eigenvalue weighted by Gasteiger charge is -2.18. The summed E-state index contributed by atoms with van der Waals surface area (Å²) in [5, 5.41) is 3.99. The van der Waals surface area contributed by atoms with Crippen molar-refractivity contribution in [1.29, 1.82) is 0 Å². The molecule has 0 aliphatic carbocycles. The molecule has 0 unspecified atom stereocenters. The van der Waals surface area contributed by atoms with Gasteiger partial charge in [-0.1, -0.05) is 29.8 Å². The van der Waals surface area contributed by atoms with Crippen molar-refractivity contribution in [3.8, 4) is 11.5 Å². The van der Waals surface area contributed by atoms with Crippen molar-refractivity contribution in [2.24, 2.45) is 0 Å². The third-order valence-corrected chi connectivity index (χ3v) is 4.04. The number of rotatable bonds is 1. The van der Waals surface area contributed by atoms with E-state index in [-0.39, 0.29) is 0 Å². The summed E-state index contributed by atoms with van der Waals surface area (Å²) in [5.41, 5.74) is 5.20. The summed E-state index contributed by atoms with van der Waals surface area (Å²) in [6, 6.07) is 11.9. The van der Waals surface area contributed by atoms with Crippen LogP contribution in [0.5, 0.6) is 0 Å². The Morgan fingerprint density at radius 2 is 2.05 bits per heavy atom. The first-order chi connectivity index (χ1) is 9.83. The van der Waals surface area contributed by atoms with Crippen LogP contribution in [0.15, 0.2) is 40.8 Å². The van der Waals surface area contributed by atoms with Crippen molar-refractivity contribution in [2.45, 2.75) is 13.0 Å². The molecule has 0 fully saturated rings. The van der Waals surface area contributed by atoms with Crippen LogP contribution in [-0.4, -0.2) is 11.5 Å². The molecule has 0 saturated carbocycles. The van der Waals surface area contributed by atoms with Crippen LogP contribution in [0.25, 0.3) is 22.6 Å². The highest BCUT2D eigenvalue weighted by Crippen LogP contribution is 2.32. The minimum atomic E-state index is 0.604. The van der Waals surface area contributed by atoms with Gasteiger partial charge < -0.3 is 9.73 Å². The summed E-state index contributed by atoms with van der Waals surface area (Å²) in [6.07, 6.45) is 0.998. The highest BCUT2D eigenvalue weighted by molar-refractivity contribution is 6.34. The highest BCUT2D eigenvalue weighted by atomic mass is 35.5. The number of aromatic nitrogens is 1. The topological polar surface area (TPSA) is 38.1 Å². The normalized spacial score (nSPS) is 14.4. The molecule has 2 heterocycles. The molecule has 1 aromatic heterocycles. The van der Waals surface area contributed by atoms with Gasteiger partial charge >= 0.3 is 0 Å². The van der Waals surface area contributed by atoms with Gasteiger partial charge in [-0.25, -0.2) is 4.98 Å². The number of fused-ring (bicyclic) bond motifs is 2. The van der Waals surface area contributed by atoms with Gasteiger partial charge in [0.05, 0.1) is 5.02 Å². The van der Waals surface area contributed by atoms with Crippen molar-refractivity contribution in [3.63, 3.8) is 0 Å². The van der Waals surface area contributed by atoms with Crippen LogP contribution in [0.3, 0.4) is 0 Å². The molecular formula is C16H13ClN2O. The van der Waals surface area contributed by atoms with E-state index in [1.54, 1.807) is 0 Å². The molecule has 3 nitrogen and oxygen atoms in total. The molecule has 0 spiro atoms. The van der Waals surface area contributed by atoms with Crippen LogP contribution in [0.4, 0.5) is 0 Å². The second-order valence-corrected chi connectivity index (χ2v) is 5.38. The molecule has 0 amide bonds. The molecule has 1 N–H and O–H groups in total. The number of nitrogens with one attached hydrogen (secondary N) is 1. The lowest BCUT2D eigenvalue weighted by molar-refractivity contribution is 0.611. The van der Waals surface area contributed by atoms with Crippen LogP contribution in [0.2, 0.25) is 5.02 Å². The first-order valence-electron chi connectivity index (χ1n) is 6.70. The van der Waals surface area contributed by atoms with Crippen LogP contribution in [-0.2, 0) is 13.0 Å². The van der Waals surface area contributed by atoms with Crippen molar-refractivity contribution < 1.29 is 4.42 Å². The maximum Gasteiger partial charge on any atom is 0.227 e. The molecule has 1 aliphatic heterocycles. The molecule has 4 rings (SSSR count). The van der Waals surface area contributed by atoms with Gasteiger partial charge in [0.1, 0.15) is 5.52 Å². The summed E-state index contributed by atoms with van der Waals surface area (Å²) < 4.78 is 5.89. The van der Waals surface area contributed by atoms with E-state index in [2.05, 4.69) is 28.5 Å². The van der Waals surface area contributed by atoms with Crippen LogP contribution in [0.1, 0.15) is 11.1 Å². The van der Waals surface area contributed by atoms with E-state index in [1.165, 1.54) is 11.1 Å². The Bertz CT molecular complexity index is 794. The van der Waals surface area contributed by atoms with Gasteiger partial charge in [0.15, 0.2) is 5.58 Å². The van der Waals surface area contributed by atoms with E-state index in [0.717, 1.165) is 30.6 Å². The quantitative estimate of drug-likeness (QED) is 0.739. The van der Waals surface area contributed by atoms with E-state index in [1.807, 2.05) is 18.2 Å². The molecule has 100 valence electrons. The van der Waals surface area contributed by atoms with Crippen LogP contribution < -0.4 is 5.32 Å². The van der Waals surface area contributed by atoms with E-state index >= 15 is 0 Å². The number of para-hydroxylation sites is 1. The first kappa shape index (κ1) is 11.9. The average Bonchev–Trinajstić information content (AvgIpc) is 2.92. The average molecular weight is 285 g/mol. The third kappa shape index (κ3) is 1.82. The fourth-order valence-electron chi connectivity index (χ4n) is 2.76. The minimum Gasteiger partial charge on any atom is -0.435 e. The van der Waals surface area contributed by atoms with Gasteiger partial charge in [-0.05, 0) is 42.3 Å². The molecule has 0 bridgehead atoms. The monoisotopic (exact) mass is 284 g/mol. The number of oxazole rings is 1. The summed E-state index contributed by atoms with van der Waals surface area (Å²) in [6.45, 7) is 1.90. The predicted octanol–water partition coefficient (Wildman–Crippen LogP) is 3.79. The van der Waals surface area contributed by atoms with E-state index in [9.17, 15) is 0 Å². The standard InChI is InChI=1S/C16H13ClN2O/c17-13-5-2-6-14-15(13)20-16(19-14)12-4-1-3-10-9-18-8-7-11(10)12/h1-6,18H,7-9H2. The smallest absolute Gasteiger partial charge is 0.227 e. The Labute approximate surface area is 121 Å². The Balaban J connectivity index is 1.93. The van der Waals surface area contributed by atoms with Gasteiger partial charge in [0, 0.05) is 12.1 Å². The Morgan fingerprint density at radius 1 is 1.15 bits per heavy atom. The summed E-state index contributed by atoms with van der Waals surface area (Å²) in [4.78, 5) is 4.58. The van der Waals surface area contributed by atoms with Gasteiger partial charge in [-0.15, -0.1) is 0 Å². The fourth-order valence-corrected chi connectivity index (χ4v) is 2.97. The van der Waals surface area contributed by atoms with Crippen LogP contribution >= 0.6 is 11.6 Å². The molecule has 1 aliphatic rings.